The topological polar surface area (TPSA) is 53.5 Å². The number of benzene rings is 1. The maximum absolute atomic E-state index is 6.06. The Balaban J connectivity index is 1.41. The van der Waals surface area contributed by atoms with Gasteiger partial charge >= 0.3 is 0 Å². The van der Waals surface area contributed by atoms with E-state index in [0.717, 1.165) is 59.5 Å². The summed E-state index contributed by atoms with van der Waals surface area (Å²) in [4.78, 5) is 9.13. The third kappa shape index (κ3) is 5.11. The molecule has 3 aromatic rings. The number of fused-ring (bicyclic) bond motifs is 1. The molecule has 2 aromatic heterocycles. The van der Waals surface area contributed by atoms with E-state index in [1.54, 1.807) is 0 Å². The molecule has 0 aliphatic carbocycles. The Morgan fingerprint density at radius 2 is 2.07 bits per heavy atom. The van der Waals surface area contributed by atoms with Crippen LogP contribution in [0.1, 0.15) is 38.3 Å². The third-order valence-corrected chi connectivity index (χ3v) is 5.24. The van der Waals surface area contributed by atoms with Crippen LogP contribution >= 0.6 is 0 Å². The van der Waals surface area contributed by atoms with Crippen LogP contribution in [0.3, 0.4) is 0 Å². The normalized spacial score (nSPS) is 17.9. The van der Waals surface area contributed by atoms with E-state index in [1.165, 1.54) is 6.42 Å². The molecule has 0 N–H and O–H groups in total. The number of hydrogen-bond acceptors (Lipinski definition) is 5. The largest absolute Gasteiger partial charge is 0.491 e. The monoisotopic (exact) mass is 392 g/mol. The second-order valence-corrected chi connectivity index (χ2v) is 7.51. The molecule has 1 saturated heterocycles. The predicted octanol–water partition coefficient (Wildman–Crippen LogP) is 5.31. The molecule has 5 nitrogen and oxygen atoms in total. The van der Waals surface area contributed by atoms with Crippen LogP contribution in [0.2, 0.25) is 0 Å². The van der Waals surface area contributed by atoms with Crippen molar-refractivity contribution in [3.8, 4) is 17.0 Å². The van der Waals surface area contributed by atoms with E-state index in [2.05, 4.69) is 24.0 Å². The van der Waals surface area contributed by atoms with Gasteiger partial charge in [-0.05, 0) is 69.0 Å². The van der Waals surface area contributed by atoms with Crippen LogP contribution in [-0.2, 0) is 9.47 Å². The van der Waals surface area contributed by atoms with Crippen LogP contribution in [0.15, 0.2) is 48.7 Å². The van der Waals surface area contributed by atoms with E-state index in [4.69, 9.17) is 19.2 Å². The molecule has 1 aromatic carbocycles. The van der Waals surface area contributed by atoms with Gasteiger partial charge in [-0.15, -0.1) is 0 Å². The molecule has 1 aliphatic rings. The first kappa shape index (κ1) is 19.8. The van der Waals surface area contributed by atoms with Crippen molar-refractivity contribution in [2.45, 2.75) is 51.9 Å². The van der Waals surface area contributed by atoms with E-state index in [1.807, 2.05) is 43.5 Å². The Labute approximate surface area is 172 Å². The van der Waals surface area contributed by atoms with Gasteiger partial charge in [0.2, 0.25) is 0 Å². The van der Waals surface area contributed by atoms with E-state index in [0.29, 0.717) is 6.61 Å². The molecule has 0 bridgehead atoms. The molecular formula is C24H28N2O3. The molecule has 3 heterocycles. The van der Waals surface area contributed by atoms with Gasteiger partial charge < -0.3 is 14.2 Å². The average Bonchev–Trinajstić information content (AvgIpc) is 2.77. The highest BCUT2D eigenvalue weighted by Crippen LogP contribution is 2.24. The smallest absolute Gasteiger partial charge is 0.158 e. The molecule has 152 valence electrons. The van der Waals surface area contributed by atoms with Gasteiger partial charge in [0.1, 0.15) is 12.4 Å². The van der Waals surface area contributed by atoms with Crippen molar-refractivity contribution in [1.82, 2.24) is 9.97 Å². The van der Waals surface area contributed by atoms with Crippen molar-refractivity contribution >= 4 is 10.9 Å². The van der Waals surface area contributed by atoms with Crippen molar-refractivity contribution in [3.05, 3.63) is 54.4 Å². The first-order chi connectivity index (χ1) is 14.2. The summed E-state index contributed by atoms with van der Waals surface area (Å²) in [5.41, 5.74) is 3.88. The summed E-state index contributed by atoms with van der Waals surface area (Å²) in [6.45, 7) is 5.40. The first-order valence-electron chi connectivity index (χ1n) is 10.4. The fraction of sp³-hybridized carbons (Fsp3) is 0.417. The third-order valence-electron chi connectivity index (χ3n) is 5.24. The lowest BCUT2D eigenvalue weighted by Crippen LogP contribution is -2.31. The number of nitrogens with zero attached hydrogens (tertiary/aromatic N) is 2. The maximum atomic E-state index is 6.06. The fourth-order valence-corrected chi connectivity index (χ4v) is 3.45. The van der Waals surface area contributed by atoms with E-state index >= 15 is 0 Å². The summed E-state index contributed by atoms with van der Waals surface area (Å²) in [5, 5.41) is 1.05. The lowest BCUT2D eigenvalue weighted by atomic mass is 10.1. The zero-order valence-electron chi connectivity index (χ0n) is 17.1. The lowest BCUT2D eigenvalue weighted by molar-refractivity contribution is -0.193. The molecule has 1 aliphatic heterocycles. The van der Waals surface area contributed by atoms with Crippen molar-refractivity contribution in [3.63, 3.8) is 0 Å². The number of rotatable bonds is 7. The predicted molar refractivity (Wildman–Crippen MR) is 114 cm³/mol. The number of aromatic nitrogens is 2. The minimum Gasteiger partial charge on any atom is -0.491 e. The van der Waals surface area contributed by atoms with Gasteiger partial charge in [-0.2, -0.15) is 0 Å². The molecule has 4 rings (SSSR count). The summed E-state index contributed by atoms with van der Waals surface area (Å²) in [5.74, 6) is 0.829. The number of ether oxygens (including phenoxy) is 3. The summed E-state index contributed by atoms with van der Waals surface area (Å²) in [7, 11) is 0. The minimum atomic E-state index is -0.0900. The molecular weight excluding hydrogens is 364 g/mol. The summed E-state index contributed by atoms with van der Waals surface area (Å²) >= 11 is 0. The maximum Gasteiger partial charge on any atom is 0.158 e. The zero-order chi connectivity index (χ0) is 20.1. The van der Waals surface area contributed by atoms with Crippen LogP contribution < -0.4 is 4.74 Å². The van der Waals surface area contributed by atoms with Gasteiger partial charge in [0.15, 0.2) is 6.29 Å². The van der Waals surface area contributed by atoms with Crippen LogP contribution in [0.25, 0.3) is 22.2 Å². The van der Waals surface area contributed by atoms with Crippen LogP contribution in [0, 0.1) is 6.92 Å². The highest BCUT2D eigenvalue weighted by atomic mass is 16.7. The highest BCUT2D eigenvalue weighted by molar-refractivity contribution is 5.82. The zero-order valence-corrected chi connectivity index (χ0v) is 17.1. The summed E-state index contributed by atoms with van der Waals surface area (Å²) in [6, 6.07) is 14.2. The van der Waals surface area contributed by atoms with Crippen LogP contribution in [0.4, 0.5) is 0 Å². The van der Waals surface area contributed by atoms with E-state index in [-0.39, 0.29) is 12.4 Å². The molecule has 0 saturated carbocycles. The fourth-order valence-electron chi connectivity index (χ4n) is 3.45. The SMILES string of the molecule is CC[C@H](COc1ccc2nc(-c3ccc(C)nc3)ccc2c1)OC1CCCCO1. The molecule has 5 heteroatoms. The van der Waals surface area contributed by atoms with Crippen molar-refractivity contribution in [1.29, 1.82) is 0 Å². The highest BCUT2D eigenvalue weighted by Gasteiger charge is 2.19. The average molecular weight is 392 g/mol. The molecule has 0 radical (unpaired) electrons. The van der Waals surface area contributed by atoms with Crippen LogP contribution in [0.5, 0.6) is 5.75 Å². The van der Waals surface area contributed by atoms with E-state index in [9.17, 15) is 0 Å². The van der Waals surface area contributed by atoms with Crippen LogP contribution in [-0.4, -0.2) is 35.6 Å². The molecule has 2 atom stereocenters. The number of pyridine rings is 2. The Hall–Kier alpha value is -2.50. The Kier molecular flexibility index (Phi) is 6.37. The first-order valence-corrected chi connectivity index (χ1v) is 10.4. The Morgan fingerprint density at radius 3 is 2.83 bits per heavy atom. The Morgan fingerprint density at radius 1 is 1.14 bits per heavy atom. The molecule has 1 fully saturated rings. The van der Waals surface area contributed by atoms with Gasteiger partial charge in [-0.1, -0.05) is 13.0 Å². The van der Waals surface area contributed by atoms with Crippen molar-refractivity contribution in [2.24, 2.45) is 0 Å². The van der Waals surface area contributed by atoms with Gasteiger partial charge in [-0.3, -0.25) is 4.98 Å². The van der Waals surface area contributed by atoms with Crippen molar-refractivity contribution < 1.29 is 14.2 Å². The summed E-state index contributed by atoms with van der Waals surface area (Å²) < 4.78 is 17.8. The lowest BCUT2D eigenvalue weighted by Gasteiger charge is -2.27. The molecule has 0 amide bonds. The van der Waals surface area contributed by atoms with Gasteiger partial charge in [0.25, 0.3) is 0 Å². The summed E-state index contributed by atoms with van der Waals surface area (Å²) in [6.07, 6.45) is 5.96. The van der Waals surface area contributed by atoms with Gasteiger partial charge in [0.05, 0.1) is 17.3 Å². The second-order valence-electron chi connectivity index (χ2n) is 7.51. The Bertz CT molecular complexity index is 937. The van der Waals surface area contributed by atoms with Gasteiger partial charge in [0, 0.05) is 29.4 Å². The molecule has 0 spiro atoms. The van der Waals surface area contributed by atoms with Gasteiger partial charge in [-0.25, -0.2) is 4.98 Å². The standard InChI is InChI=1S/C24H28N2O3/c1-3-20(29-24-6-4-5-13-27-24)16-28-21-10-12-22-18(14-21)9-11-23(26-22)19-8-7-17(2)25-15-19/h7-12,14-15,20,24H,3-6,13,16H2,1-2H3/t20-,24?/m1/s1. The quantitative estimate of drug-likeness (QED) is 0.546. The van der Waals surface area contributed by atoms with E-state index < -0.39 is 0 Å². The minimum absolute atomic E-state index is 0.0309. The van der Waals surface area contributed by atoms with Crippen molar-refractivity contribution in [2.75, 3.05) is 13.2 Å². The second kappa shape index (κ2) is 9.33. The number of hydrogen-bond donors (Lipinski definition) is 0. The number of aryl methyl sites for hydroxylation is 1. The molecule has 1 unspecified atom stereocenters. The molecule has 29 heavy (non-hydrogen) atoms.